The van der Waals surface area contributed by atoms with E-state index >= 15 is 0 Å². The Kier molecular flexibility index (Phi) is 6.11. The van der Waals surface area contributed by atoms with E-state index in [1.165, 1.54) is 22.9 Å². The average Bonchev–Trinajstić information content (AvgIpc) is 2.61. The first kappa shape index (κ1) is 16.3. The van der Waals surface area contributed by atoms with Crippen LogP contribution < -0.4 is 0 Å². The number of rotatable bonds is 6. The van der Waals surface area contributed by atoms with Gasteiger partial charge in [0.25, 0.3) is 0 Å². The maximum Gasteiger partial charge on any atom is 0.305 e. The molecule has 0 saturated heterocycles. The van der Waals surface area contributed by atoms with Gasteiger partial charge in [-0.25, -0.2) is 0 Å². The fourth-order valence-corrected chi connectivity index (χ4v) is 2.85. The van der Waals surface area contributed by atoms with E-state index in [1.807, 2.05) is 0 Å². The molecule has 0 atom stereocenters. The summed E-state index contributed by atoms with van der Waals surface area (Å²) in [6.07, 6.45) is 3.11. The van der Waals surface area contributed by atoms with Crippen LogP contribution in [0.1, 0.15) is 53.4 Å². The van der Waals surface area contributed by atoms with Gasteiger partial charge < -0.3 is 4.74 Å². The van der Waals surface area contributed by atoms with Crippen LogP contribution in [0.5, 0.6) is 0 Å². The van der Waals surface area contributed by atoms with Crippen molar-refractivity contribution in [2.45, 2.75) is 53.4 Å². The molecule has 0 aromatic rings. The second-order valence-electron chi connectivity index (χ2n) is 5.58. The number of hydrogen-bond donors (Lipinski definition) is 0. The highest BCUT2D eigenvalue weighted by atomic mass is 32.2. The lowest BCUT2D eigenvalue weighted by Crippen LogP contribution is -2.08. The number of carbonyl (C=O) groups excluding carboxylic acids is 2. The predicted molar refractivity (Wildman–Crippen MR) is 79.0 cm³/mol. The van der Waals surface area contributed by atoms with E-state index in [0.717, 1.165) is 12.8 Å². The van der Waals surface area contributed by atoms with Gasteiger partial charge in [-0.2, -0.15) is 0 Å². The Hall–Kier alpha value is -0.770. The topological polar surface area (TPSA) is 43.4 Å². The fraction of sp³-hybridized carbons (Fsp3) is 0.733. The van der Waals surface area contributed by atoms with Crippen LogP contribution in [0.3, 0.4) is 0 Å². The lowest BCUT2D eigenvalue weighted by atomic mass is 9.86. The van der Waals surface area contributed by atoms with Crippen molar-refractivity contribution in [1.82, 2.24) is 0 Å². The highest BCUT2D eigenvalue weighted by Gasteiger charge is 2.29. The average molecular weight is 284 g/mol. The SMILES string of the molecule is CCC(=O)OCCSC(=O)CC1=C(C)C(C)(C)CC1. The van der Waals surface area contributed by atoms with Gasteiger partial charge in [0.2, 0.25) is 0 Å². The Bertz CT molecular complexity index is 383. The van der Waals surface area contributed by atoms with Crippen molar-refractivity contribution in [3.8, 4) is 0 Å². The third-order valence-electron chi connectivity index (χ3n) is 3.85. The molecular weight excluding hydrogens is 260 g/mol. The van der Waals surface area contributed by atoms with Gasteiger partial charge in [-0.15, -0.1) is 0 Å². The summed E-state index contributed by atoms with van der Waals surface area (Å²) >= 11 is 1.27. The van der Waals surface area contributed by atoms with Gasteiger partial charge in [0.05, 0.1) is 0 Å². The summed E-state index contributed by atoms with van der Waals surface area (Å²) in [7, 11) is 0. The molecule has 1 aliphatic rings. The minimum atomic E-state index is -0.204. The second-order valence-corrected chi connectivity index (χ2v) is 6.74. The predicted octanol–water partition coefficient (Wildman–Crippen LogP) is 3.73. The molecule has 0 N–H and O–H groups in total. The number of ether oxygens (including phenoxy) is 1. The molecule has 3 nitrogen and oxygen atoms in total. The van der Waals surface area contributed by atoms with Gasteiger partial charge in [-0.1, -0.05) is 43.7 Å². The highest BCUT2D eigenvalue weighted by Crippen LogP contribution is 2.43. The molecular formula is C15H24O3S. The molecule has 0 aromatic carbocycles. The van der Waals surface area contributed by atoms with E-state index in [0.29, 0.717) is 25.2 Å². The summed E-state index contributed by atoms with van der Waals surface area (Å²) in [5.41, 5.74) is 2.92. The minimum Gasteiger partial charge on any atom is -0.465 e. The maximum absolute atomic E-state index is 11.9. The monoisotopic (exact) mass is 284 g/mol. The van der Waals surface area contributed by atoms with Crippen molar-refractivity contribution in [1.29, 1.82) is 0 Å². The van der Waals surface area contributed by atoms with Gasteiger partial charge in [-0.05, 0) is 25.2 Å². The smallest absolute Gasteiger partial charge is 0.305 e. The number of allylic oxidation sites excluding steroid dienone is 2. The van der Waals surface area contributed by atoms with Crippen molar-refractivity contribution in [3.05, 3.63) is 11.1 Å². The zero-order chi connectivity index (χ0) is 14.5. The van der Waals surface area contributed by atoms with Gasteiger partial charge in [0.15, 0.2) is 5.12 Å². The summed E-state index contributed by atoms with van der Waals surface area (Å²) in [4.78, 5) is 22.8. The number of esters is 1. The molecule has 0 saturated carbocycles. The lowest BCUT2D eigenvalue weighted by Gasteiger charge is -2.19. The van der Waals surface area contributed by atoms with Crippen molar-refractivity contribution in [2.24, 2.45) is 5.41 Å². The van der Waals surface area contributed by atoms with E-state index < -0.39 is 0 Å². The van der Waals surface area contributed by atoms with Gasteiger partial charge in [-0.3, -0.25) is 9.59 Å². The van der Waals surface area contributed by atoms with Crippen LogP contribution >= 0.6 is 11.8 Å². The van der Waals surface area contributed by atoms with Crippen LogP contribution in [-0.4, -0.2) is 23.4 Å². The fourth-order valence-electron chi connectivity index (χ4n) is 2.18. The van der Waals surface area contributed by atoms with E-state index in [2.05, 4.69) is 20.8 Å². The minimum absolute atomic E-state index is 0.180. The van der Waals surface area contributed by atoms with E-state index in [-0.39, 0.29) is 16.5 Å². The van der Waals surface area contributed by atoms with Gasteiger partial charge in [0, 0.05) is 18.6 Å². The van der Waals surface area contributed by atoms with Crippen molar-refractivity contribution < 1.29 is 14.3 Å². The molecule has 0 heterocycles. The van der Waals surface area contributed by atoms with Gasteiger partial charge >= 0.3 is 5.97 Å². The molecule has 1 aliphatic carbocycles. The molecule has 19 heavy (non-hydrogen) atoms. The number of thioether (sulfide) groups is 1. The van der Waals surface area contributed by atoms with Crippen molar-refractivity contribution >= 4 is 22.8 Å². The van der Waals surface area contributed by atoms with Crippen LogP contribution in [0, 0.1) is 5.41 Å². The standard InChI is InChI=1S/C15H24O3S/c1-5-13(16)18-8-9-19-14(17)10-12-6-7-15(3,4)11(12)2/h5-10H2,1-4H3. The molecule has 4 heteroatoms. The lowest BCUT2D eigenvalue weighted by molar-refractivity contribution is -0.142. The Labute approximate surface area is 120 Å². The van der Waals surface area contributed by atoms with Crippen molar-refractivity contribution in [3.63, 3.8) is 0 Å². The molecule has 0 fully saturated rings. The van der Waals surface area contributed by atoms with Crippen LogP contribution in [0.4, 0.5) is 0 Å². The first-order valence-corrected chi connectivity index (χ1v) is 7.85. The largest absolute Gasteiger partial charge is 0.465 e. The Balaban J connectivity index is 2.29. The summed E-state index contributed by atoms with van der Waals surface area (Å²) in [6, 6.07) is 0. The molecule has 0 amide bonds. The third-order valence-corrected chi connectivity index (χ3v) is 4.69. The number of carbonyl (C=O) groups is 2. The van der Waals surface area contributed by atoms with Crippen LogP contribution in [0.15, 0.2) is 11.1 Å². The van der Waals surface area contributed by atoms with E-state index in [9.17, 15) is 9.59 Å². The second kappa shape index (κ2) is 7.13. The van der Waals surface area contributed by atoms with Crippen LogP contribution in [0.2, 0.25) is 0 Å². The molecule has 0 spiro atoms. The molecule has 0 radical (unpaired) electrons. The Morgan fingerprint density at radius 3 is 2.58 bits per heavy atom. The first-order chi connectivity index (χ1) is 8.86. The first-order valence-electron chi connectivity index (χ1n) is 6.87. The zero-order valence-corrected chi connectivity index (χ0v) is 13.2. The Morgan fingerprint density at radius 1 is 1.37 bits per heavy atom. The normalized spacial score (nSPS) is 17.7. The van der Waals surface area contributed by atoms with Crippen LogP contribution in [0.25, 0.3) is 0 Å². The van der Waals surface area contributed by atoms with Crippen molar-refractivity contribution in [2.75, 3.05) is 12.4 Å². The summed E-state index contributed by atoms with van der Waals surface area (Å²) in [6.45, 7) is 8.70. The Morgan fingerprint density at radius 2 is 2.05 bits per heavy atom. The summed E-state index contributed by atoms with van der Waals surface area (Å²) < 4.78 is 4.94. The molecule has 0 aromatic heterocycles. The molecule has 108 valence electrons. The van der Waals surface area contributed by atoms with E-state index in [4.69, 9.17) is 4.74 Å². The van der Waals surface area contributed by atoms with E-state index in [1.54, 1.807) is 6.92 Å². The molecule has 1 rings (SSSR count). The number of hydrogen-bond acceptors (Lipinski definition) is 4. The molecule has 0 aliphatic heterocycles. The zero-order valence-electron chi connectivity index (χ0n) is 12.4. The third kappa shape index (κ3) is 5.01. The molecule has 0 unspecified atom stereocenters. The summed E-state index contributed by atoms with van der Waals surface area (Å²) in [5.74, 6) is 0.351. The van der Waals surface area contributed by atoms with Crippen LogP contribution in [-0.2, 0) is 14.3 Å². The maximum atomic E-state index is 11.9. The molecule has 0 bridgehead atoms. The summed E-state index contributed by atoms with van der Waals surface area (Å²) in [5, 5.41) is 0.180. The highest BCUT2D eigenvalue weighted by molar-refractivity contribution is 8.13. The quantitative estimate of drug-likeness (QED) is 0.423. The van der Waals surface area contributed by atoms with Gasteiger partial charge in [0.1, 0.15) is 6.61 Å².